The number of Topliss-reactive ketones (excluding diaryl/α,β-unsaturated/α-hetero) is 1. The summed E-state index contributed by atoms with van der Waals surface area (Å²) in [6.07, 6.45) is 3.03. The highest BCUT2D eigenvalue weighted by molar-refractivity contribution is 9.10. The molecule has 15 heavy (non-hydrogen) atoms. The van der Waals surface area contributed by atoms with E-state index in [4.69, 9.17) is 0 Å². The third kappa shape index (κ3) is 3.78. The molecule has 0 fully saturated rings. The summed E-state index contributed by atoms with van der Waals surface area (Å²) in [5.74, 6) is 0.196. The van der Waals surface area contributed by atoms with Gasteiger partial charge in [0.15, 0.2) is 0 Å². The minimum absolute atomic E-state index is 0.0458. The van der Waals surface area contributed by atoms with Crippen molar-refractivity contribution in [1.82, 2.24) is 0 Å². The second kappa shape index (κ2) is 6.06. The quantitative estimate of drug-likeness (QED) is 0.747. The van der Waals surface area contributed by atoms with Crippen LogP contribution in [0.2, 0.25) is 0 Å². The summed E-state index contributed by atoms with van der Waals surface area (Å²) in [4.78, 5) is 11.1. The van der Waals surface area contributed by atoms with Crippen molar-refractivity contribution in [3.05, 3.63) is 35.4 Å². The van der Waals surface area contributed by atoms with E-state index in [2.05, 4.69) is 41.1 Å². The number of alkyl halides is 1. The number of carbonyl (C=O) groups excluding carboxylic acids is 1. The average molecular weight is 269 g/mol. The average Bonchev–Trinajstić information content (AvgIpc) is 2.21. The minimum Gasteiger partial charge on any atom is -0.299 e. The molecule has 0 heterocycles. The van der Waals surface area contributed by atoms with Gasteiger partial charge in [-0.1, -0.05) is 53.5 Å². The Labute approximate surface area is 100 Å². The first-order valence-electron chi connectivity index (χ1n) is 5.36. The third-order valence-corrected chi connectivity index (χ3v) is 3.45. The van der Waals surface area contributed by atoms with Gasteiger partial charge in [-0.15, -0.1) is 0 Å². The molecule has 1 atom stereocenters. The zero-order valence-electron chi connectivity index (χ0n) is 9.29. The van der Waals surface area contributed by atoms with Gasteiger partial charge in [-0.05, 0) is 30.9 Å². The van der Waals surface area contributed by atoms with E-state index in [0.717, 1.165) is 19.3 Å². The largest absolute Gasteiger partial charge is 0.299 e. The monoisotopic (exact) mass is 268 g/mol. The third-order valence-electron chi connectivity index (χ3n) is 2.48. The summed E-state index contributed by atoms with van der Waals surface area (Å²) in [7, 11) is 0. The fourth-order valence-electron chi connectivity index (χ4n) is 1.61. The lowest BCUT2D eigenvalue weighted by atomic mass is 9.99. The smallest absolute Gasteiger partial charge is 0.143 e. The standard InChI is InChI=1S/C13H17BrO/c1-3-6-11-7-4-5-8-12(11)9-13(14)10(2)15/h4-5,7-8,13H,3,6,9H2,1-2H3. The van der Waals surface area contributed by atoms with Gasteiger partial charge in [-0.25, -0.2) is 0 Å². The first-order valence-corrected chi connectivity index (χ1v) is 6.28. The Morgan fingerprint density at radius 3 is 2.47 bits per heavy atom. The summed E-state index contributed by atoms with van der Waals surface area (Å²) in [6, 6.07) is 8.36. The van der Waals surface area contributed by atoms with Crippen molar-refractivity contribution in [2.45, 2.75) is 37.9 Å². The number of ketones is 1. The summed E-state index contributed by atoms with van der Waals surface area (Å²) in [5.41, 5.74) is 2.65. The molecule has 1 unspecified atom stereocenters. The molecule has 2 heteroatoms. The Bertz CT molecular complexity index is 333. The molecule has 0 saturated carbocycles. The zero-order chi connectivity index (χ0) is 11.3. The molecule has 0 saturated heterocycles. The molecule has 0 aliphatic rings. The van der Waals surface area contributed by atoms with Crippen LogP contribution in [0.25, 0.3) is 0 Å². The number of carbonyl (C=O) groups is 1. The van der Waals surface area contributed by atoms with Gasteiger partial charge < -0.3 is 0 Å². The van der Waals surface area contributed by atoms with Crippen molar-refractivity contribution < 1.29 is 4.79 Å². The SMILES string of the molecule is CCCc1ccccc1CC(Br)C(C)=O. The van der Waals surface area contributed by atoms with Crippen molar-refractivity contribution in [3.8, 4) is 0 Å². The number of halogens is 1. The summed E-state index contributed by atoms with van der Waals surface area (Å²) in [5, 5.41) is 0. The van der Waals surface area contributed by atoms with Crippen LogP contribution in [0, 0.1) is 0 Å². The van der Waals surface area contributed by atoms with Crippen LogP contribution in [0.5, 0.6) is 0 Å². The molecule has 1 rings (SSSR count). The number of hydrogen-bond acceptors (Lipinski definition) is 1. The van der Waals surface area contributed by atoms with Crippen molar-refractivity contribution in [1.29, 1.82) is 0 Å². The van der Waals surface area contributed by atoms with Gasteiger partial charge in [0.25, 0.3) is 0 Å². The second-order valence-electron chi connectivity index (χ2n) is 3.80. The Morgan fingerprint density at radius 1 is 1.33 bits per heavy atom. The van der Waals surface area contributed by atoms with Crippen LogP contribution in [0.1, 0.15) is 31.4 Å². The van der Waals surface area contributed by atoms with Crippen LogP contribution in [0.15, 0.2) is 24.3 Å². The summed E-state index contributed by atoms with van der Waals surface area (Å²) in [6.45, 7) is 3.80. The predicted molar refractivity (Wildman–Crippen MR) is 67.5 cm³/mol. The number of hydrogen-bond donors (Lipinski definition) is 0. The normalized spacial score (nSPS) is 12.5. The Balaban J connectivity index is 2.79. The van der Waals surface area contributed by atoms with Crippen LogP contribution in [-0.2, 0) is 17.6 Å². The van der Waals surface area contributed by atoms with E-state index in [1.807, 2.05) is 6.07 Å². The minimum atomic E-state index is -0.0458. The molecule has 0 amide bonds. The van der Waals surface area contributed by atoms with E-state index < -0.39 is 0 Å². The van der Waals surface area contributed by atoms with Crippen molar-refractivity contribution in [2.75, 3.05) is 0 Å². The Hall–Kier alpha value is -0.630. The molecule has 0 radical (unpaired) electrons. The molecule has 0 bridgehead atoms. The molecular formula is C13H17BrO. The highest BCUT2D eigenvalue weighted by Gasteiger charge is 2.12. The van der Waals surface area contributed by atoms with E-state index in [-0.39, 0.29) is 10.6 Å². The van der Waals surface area contributed by atoms with Crippen molar-refractivity contribution in [3.63, 3.8) is 0 Å². The van der Waals surface area contributed by atoms with Crippen LogP contribution < -0.4 is 0 Å². The molecule has 0 spiro atoms. The van der Waals surface area contributed by atoms with Crippen molar-refractivity contribution in [2.24, 2.45) is 0 Å². The van der Waals surface area contributed by atoms with Crippen LogP contribution in [0.4, 0.5) is 0 Å². The van der Waals surface area contributed by atoms with Crippen LogP contribution in [-0.4, -0.2) is 10.6 Å². The molecule has 1 aromatic carbocycles. The first-order chi connectivity index (χ1) is 7.15. The number of benzene rings is 1. The van der Waals surface area contributed by atoms with Gasteiger partial charge >= 0.3 is 0 Å². The molecule has 0 aromatic heterocycles. The fraction of sp³-hybridized carbons (Fsp3) is 0.462. The van der Waals surface area contributed by atoms with Gasteiger partial charge in [0, 0.05) is 0 Å². The lowest BCUT2D eigenvalue weighted by Crippen LogP contribution is -2.13. The van der Waals surface area contributed by atoms with Gasteiger partial charge in [0.05, 0.1) is 4.83 Å². The topological polar surface area (TPSA) is 17.1 Å². The van der Waals surface area contributed by atoms with Gasteiger partial charge in [0.1, 0.15) is 5.78 Å². The van der Waals surface area contributed by atoms with Gasteiger partial charge in [-0.3, -0.25) is 4.79 Å². The lowest BCUT2D eigenvalue weighted by Gasteiger charge is -2.10. The fourth-order valence-corrected chi connectivity index (χ4v) is 1.96. The van der Waals surface area contributed by atoms with E-state index in [1.165, 1.54) is 11.1 Å². The maximum absolute atomic E-state index is 11.2. The van der Waals surface area contributed by atoms with Gasteiger partial charge in [-0.2, -0.15) is 0 Å². The molecule has 1 aromatic rings. The Kier molecular flexibility index (Phi) is 5.03. The Morgan fingerprint density at radius 2 is 1.93 bits per heavy atom. The highest BCUT2D eigenvalue weighted by atomic mass is 79.9. The number of rotatable bonds is 5. The molecule has 0 N–H and O–H groups in total. The molecule has 82 valence electrons. The maximum atomic E-state index is 11.2. The molecule has 0 aliphatic carbocycles. The molecule has 0 aliphatic heterocycles. The number of aryl methyl sites for hydroxylation is 1. The summed E-state index contributed by atoms with van der Waals surface area (Å²) < 4.78 is 0. The molecular weight excluding hydrogens is 252 g/mol. The van der Waals surface area contributed by atoms with E-state index in [1.54, 1.807) is 6.92 Å². The van der Waals surface area contributed by atoms with Gasteiger partial charge in [0.2, 0.25) is 0 Å². The highest BCUT2D eigenvalue weighted by Crippen LogP contribution is 2.16. The van der Waals surface area contributed by atoms with Crippen molar-refractivity contribution >= 4 is 21.7 Å². The summed E-state index contributed by atoms with van der Waals surface area (Å²) >= 11 is 3.41. The van der Waals surface area contributed by atoms with E-state index >= 15 is 0 Å². The predicted octanol–water partition coefficient (Wildman–Crippen LogP) is 3.53. The molecule has 1 nitrogen and oxygen atoms in total. The lowest BCUT2D eigenvalue weighted by molar-refractivity contribution is -0.116. The maximum Gasteiger partial charge on any atom is 0.143 e. The van der Waals surface area contributed by atoms with Crippen LogP contribution >= 0.6 is 15.9 Å². The van der Waals surface area contributed by atoms with E-state index in [0.29, 0.717) is 0 Å². The second-order valence-corrected chi connectivity index (χ2v) is 4.91. The zero-order valence-corrected chi connectivity index (χ0v) is 10.9. The van der Waals surface area contributed by atoms with E-state index in [9.17, 15) is 4.79 Å². The van der Waals surface area contributed by atoms with Crippen LogP contribution in [0.3, 0.4) is 0 Å². The first kappa shape index (κ1) is 12.4.